The average Bonchev–Trinajstić information content (AvgIpc) is 3.05. The summed E-state index contributed by atoms with van der Waals surface area (Å²) in [6.07, 6.45) is 3.73. The lowest BCUT2D eigenvalue weighted by Gasteiger charge is -2.15. The highest BCUT2D eigenvalue weighted by molar-refractivity contribution is 5.75. The van der Waals surface area contributed by atoms with Crippen LogP contribution in [-0.2, 0) is 16.1 Å². The largest absolute Gasteiger partial charge is 0.493 e. The number of methoxy groups -OCH3 is 1. The van der Waals surface area contributed by atoms with E-state index >= 15 is 0 Å². The molecule has 1 aliphatic rings. The van der Waals surface area contributed by atoms with Gasteiger partial charge in [-0.1, -0.05) is 13.0 Å². The van der Waals surface area contributed by atoms with E-state index in [2.05, 4.69) is 5.32 Å². The van der Waals surface area contributed by atoms with Gasteiger partial charge in [0.25, 0.3) is 0 Å². The van der Waals surface area contributed by atoms with Gasteiger partial charge in [0.15, 0.2) is 11.5 Å². The summed E-state index contributed by atoms with van der Waals surface area (Å²) in [5, 5.41) is 2.89. The van der Waals surface area contributed by atoms with Crippen LogP contribution in [0.4, 0.5) is 0 Å². The van der Waals surface area contributed by atoms with Crippen molar-refractivity contribution in [3.8, 4) is 11.5 Å². The maximum Gasteiger partial charge on any atom is 0.220 e. The van der Waals surface area contributed by atoms with Gasteiger partial charge in [0.1, 0.15) is 6.61 Å². The Bertz CT molecular complexity index is 484. The summed E-state index contributed by atoms with van der Waals surface area (Å²) in [6.45, 7) is 3.86. The van der Waals surface area contributed by atoms with E-state index in [4.69, 9.17) is 14.2 Å². The molecule has 1 fully saturated rings. The molecule has 0 aromatic heterocycles. The van der Waals surface area contributed by atoms with E-state index in [0.29, 0.717) is 31.1 Å². The Morgan fingerprint density at radius 1 is 1.41 bits per heavy atom. The second-order valence-corrected chi connectivity index (χ2v) is 5.46. The van der Waals surface area contributed by atoms with Crippen LogP contribution in [0, 0.1) is 0 Å². The van der Waals surface area contributed by atoms with Crippen molar-refractivity contribution >= 4 is 5.91 Å². The van der Waals surface area contributed by atoms with Crippen molar-refractivity contribution in [3.05, 3.63) is 23.8 Å². The van der Waals surface area contributed by atoms with E-state index in [0.717, 1.165) is 31.4 Å². The summed E-state index contributed by atoms with van der Waals surface area (Å²) < 4.78 is 16.7. The predicted molar refractivity (Wildman–Crippen MR) is 84.2 cm³/mol. The number of ether oxygens (including phenoxy) is 3. The van der Waals surface area contributed by atoms with Crippen LogP contribution in [0.3, 0.4) is 0 Å². The Kier molecular flexibility index (Phi) is 6.52. The maximum absolute atomic E-state index is 11.5. The Morgan fingerprint density at radius 2 is 2.27 bits per heavy atom. The van der Waals surface area contributed by atoms with Gasteiger partial charge in [-0.25, -0.2) is 0 Å². The van der Waals surface area contributed by atoms with Gasteiger partial charge in [-0.05, 0) is 37.0 Å². The molecule has 1 amide bonds. The number of amides is 1. The Morgan fingerprint density at radius 3 is 2.95 bits per heavy atom. The van der Waals surface area contributed by atoms with Crippen LogP contribution in [0.25, 0.3) is 0 Å². The van der Waals surface area contributed by atoms with Crippen LogP contribution in [0.15, 0.2) is 18.2 Å². The van der Waals surface area contributed by atoms with Crippen molar-refractivity contribution in [2.45, 2.75) is 45.3 Å². The van der Waals surface area contributed by atoms with Crippen molar-refractivity contribution in [1.82, 2.24) is 5.32 Å². The predicted octanol–water partition coefficient (Wildman–Crippen LogP) is 2.67. The Hall–Kier alpha value is -1.75. The van der Waals surface area contributed by atoms with Crippen molar-refractivity contribution in [2.75, 3.05) is 20.3 Å². The molecule has 0 bridgehead atoms. The lowest BCUT2D eigenvalue weighted by Crippen LogP contribution is -2.22. The molecule has 2 rings (SSSR count). The first kappa shape index (κ1) is 16.6. The molecule has 22 heavy (non-hydrogen) atoms. The van der Waals surface area contributed by atoms with Gasteiger partial charge in [-0.3, -0.25) is 4.79 Å². The highest BCUT2D eigenvalue weighted by atomic mass is 16.5. The minimum Gasteiger partial charge on any atom is -0.493 e. The van der Waals surface area contributed by atoms with Crippen molar-refractivity contribution in [3.63, 3.8) is 0 Å². The standard InChI is InChI=1S/C17H25NO4/c1-3-5-17(19)18-11-13-7-8-15(16(10-13)20-2)22-12-14-6-4-9-21-14/h7-8,10,14H,3-6,9,11-12H2,1-2H3,(H,18,19)/t14-/m0/s1. The fourth-order valence-electron chi connectivity index (χ4n) is 2.42. The SMILES string of the molecule is CCCC(=O)NCc1ccc(OC[C@@H]2CCCO2)c(OC)c1. The van der Waals surface area contributed by atoms with E-state index in [1.165, 1.54) is 0 Å². The second-order valence-electron chi connectivity index (χ2n) is 5.46. The highest BCUT2D eigenvalue weighted by Crippen LogP contribution is 2.29. The van der Waals surface area contributed by atoms with E-state index in [1.807, 2.05) is 25.1 Å². The van der Waals surface area contributed by atoms with Crippen molar-refractivity contribution < 1.29 is 19.0 Å². The van der Waals surface area contributed by atoms with Crippen molar-refractivity contribution in [1.29, 1.82) is 0 Å². The fraction of sp³-hybridized carbons (Fsp3) is 0.588. The minimum absolute atomic E-state index is 0.0696. The summed E-state index contributed by atoms with van der Waals surface area (Å²) in [5.41, 5.74) is 0.991. The van der Waals surface area contributed by atoms with E-state index in [-0.39, 0.29) is 12.0 Å². The summed E-state index contributed by atoms with van der Waals surface area (Å²) in [6, 6.07) is 5.73. The van der Waals surface area contributed by atoms with E-state index in [1.54, 1.807) is 7.11 Å². The molecule has 1 aliphatic heterocycles. The maximum atomic E-state index is 11.5. The number of benzene rings is 1. The molecule has 122 valence electrons. The van der Waals surface area contributed by atoms with Crippen LogP contribution >= 0.6 is 0 Å². The molecule has 5 heteroatoms. The highest BCUT2D eigenvalue weighted by Gasteiger charge is 2.17. The molecule has 1 aromatic carbocycles. The number of carbonyl (C=O) groups excluding carboxylic acids is 1. The van der Waals surface area contributed by atoms with Crippen LogP contribution in [-0.4, -0.2) is 32.3 Å². The van der Waals surface area contributed by atoms with Gasteiger partial charge in [0.2, 0.25) is 5.91 Å². The molecule has 1 saturated heterocycles. The summed E-state index contributed by atoms with van der Waals surface area (Å²) in [7, 11) is 1.62. The average molecular weight is 307 g/mol. The van der Waals surface area contributed by atoms with Crippen LogP contribution < -0.4 is 14.8 Å². The van der Waals surface area contributed by atoms with Gasteiger partial charge in [0, 0.05) is 19.6 Å². The zero-order valence-corrected chi connectivity index (χ0v) is 13.4. The molecule has 5 nitrogen and oxygen atoms in total. The monoisotopic (exact) mass is 307 g/mol. The van der Waals surface area contributed by atoms with Crippen molar-refractivity contribution in [2.24, 2.45) is 0 Å². The van der Waals surface area contributed by atoms with Gasteiger partial charge < -0.3 is 19.5 Å². The molecular weight excluding hydrogens is 282 g/mol. The van der Waals surface area contributed by atoms with E-state index < -0.39 is 0 Å². The lowest BCUT2D eigenvalue weighted by atomic mass is 10.2. The molecule has 0 unspecified atom stereocenters. The fourth-order valence-corrected chi connectivity index (χ4v) is 2.42. The molecule has 1 aromatic rings. The van der Waals surface area contributed by atoms with Crippen LogP contribution in [0.1, 0.15) is 38.2 Å². The second kappa shape index (κ2) is 8.63. The number of rotatable bonds is 8. The normalized spacial score (nSPS) is 17.3. The first-order valence-corrected chi connectivity index (χ1v) is 7.91. The minimum atomic E-state index is 0.0696. The molecule has 0 radical (unpaired) electrons. The molecule has 1 heterocycles. The summed E-state index contributed by atoms with van der Waals surface area (Å²) in [4.78, 5) is 11.5. The van der Waals surface area contributed by atoms with Gasteiger partial charge >= 0.3 is 0 Å². The number of nitrogens with one attached hydrogen (secondary N) is 1. The quantitative estimate of drug-likeness (QED) is 0.802. The Labute approximate surface area is 131 Å². The smallest absolute Gasteiger partial charge is 0.220 e. The van der Waals surface area contributed by atoms with Crippen LogP contribution in [0.2, 0.25) is 0 Å². The molecule has 1 atom stereocenters. The molecule has 0 saturated carbocycles. The van der Waals surface area contributed by atoms with E-state index in [9.17, 15) is 4.79 Å². The van der Waals surface area contributed by atoms with Crippen LogP contribution in [0.5, 0.6) is 11.5 Å². The summed E-state index contributed by atoms with van der Waals surface area (Å²) >= 11 is 0. The molecular formula is C17H25NO4. The molecule has 1 N–H and O–H groups in total. The third-order valence-electron chi connectivity index (χ3n) is 3.64. The Balaban J connectivity index is 1.90. The number of hydrogen-bond donors (Lipinski definition) is 1. The molecule has 0 spiro atoms. The first-order chi connectivity index (χ1) is 10.7. The zero-order valence-electron chi connectivity index (χ0n) is 13.4. The third kappa shape index (κ3) is 4.91. The topological polar surface area (TPSA) is 56.8 Å². The number of carbonyl (C=O) groups is 1. The lowest BCUT2D eigenvalue weighted by molar-refractivity contribution is -0.121. The zero-order chi connectivity index (χ0) is 15.8. The van der Waals surface area contributed by atoms with Gasteiger partial charge in [-0.15, -0.1) is 0 Å². The molecule has 0 aliphatic carbocycles. The number of hydrogen-bond acceptors (Lipinski definition) is 4. The summed E-state index contributed by atoms with van der Waals surface area (Å²) in [5.74, 6) is 1.46. The first-order valence-electron chi connectivity index (χ1n) is 7.91. The third-order valence-corrected chi connectivity index (χ3v) is 3.64. The van der Waals surface area contributed by atoms with Gasteiger partial charge in [-0.2, -0.15) is 0 Å². The van der Waals surface area contributed by atoms with Gasteiger partial charge in [0.05, 0.1) is 13.2 Å².